The molecule has 0 radical (unpaired) electrons. The van der Waals surface area contributed by atoms with E-state index < -0.39 is 10.8 Å². The molecule has 132 valence electrons. The van der Waals surface area contributed by atoms with Crippen LogP contribution in [0, 0.1) is 21.4 Å². The lowest BCUT2D eigenvalue weighted by molar-refractivity contribution is -0.384. The SMILES string of the molecule is CC(C)c1ccccc1NC(=O)/C(C#N)=C\Nc1cccc([N+](=O)[O-])c1. The molecule has 0 saturated carbocycles. The zero-order valence-electron chi connectivity index (χ0n) is 14.4. The molecule has 0 aliphatic heterocycles. The summed E-state index contributed by atoms with van der Waals surface area (Å²) >= 11 is 0. The topological polar surface area (TPSA) is 108 Å². The summed E-state index contributed by atoms with van der Waals surface area (Å²) in [5.74, 6) is -0.345. The predicted molar refractivity (Wildman–Crippen MR) is 99.6 cm³/mol. The Morgan fingerprint density at radius 3 is 2.62 bits per heavy atom. The minimum Gasteiger partial charge on any atom is -0.360 e. The standard InChI is InChI=1S/C19H18N4O3/c1-13(2)17-8-3-4-9-18(17)22-19(24)14(11-20)12-21-15-6-5-7-16(10-15)23(25)26/h3-10,12-13,21H,1-2H3,(H,22,24)/b14-12-. The van der Waals surface area contributed by atoms with E-state index in [0.29, 0.717) is 11.4 Å². The highest BCUT2D eigenvalue weighted by Crippen LogP contribution is 2.24. The number of nitrogens with one attached hydrogen (secondary N) is 2. The molecule has 0 saturated heterocycles. The quantitative estimate of drug-likeness (QED) is 0.352. The minimum atomic E-state index is -0.557. The van der Waals surface area contributed by atoms with E-state index in [4.69, 9.17) is 0 Å². The molecular formula is C19H18N4O3. The normalized spacial score (nSPS) is 10.9. The van der Waals surface area contributed by atoms with Crippen molar-refractivity contribution in [2.75, 3.05) is 10.6 Å². The maximum absolute atomic E-state index is 12.4. The van der Waals surface area contributed by atoms with E-state index in [2.05, 4.69) is 10.6 Å². The van der Waals surface area contributed by atoms with Gasteiger partial charge in [0, 0.05) is 29.7 Å². The number of anilines is 2. The number of hydrogen-bond donors (Lipinski definition) is 2. The highest BCUT2D eigenvalue weighted by Gasteiger charge is 2.13. The van der Waals surface area contributed by atoms with E-state index in [-0.39, 0.29) is 17.2 Å². The van der Waals surface area contributed by atoms with Gasteiger partial charge in [-0.05, 0) is 23.6 Å². The van der Waals surface area contributed by atoms with E-state index in [1.54, 1.807) is 18.2 Å². The van der Waals surface area contributed by atoms with Gasteiger partial charge >= 0.3 is 0 Å². The first-order chi connectivity index (χ1) is 12.4. The first-order valence-corrected chi connectivity index (χ1v) is 7.94. The van der Waals surface area contributed by atoms with Gasteiger partial charge in [0.05, 0.1) is 4.92 Å². The molecule has 0 aliphatic rings. The van der Waals surface area contributed by atoms with Crippen molar-refractivity contribution >= 4 is 23.0 Å². The van der Waals surface area contributed by atoms with Crippen molar-refractivity contribution in [3.63, 3.8) is 0 Å². The summed E-state index contributed by atoms with van der Waals surface area (Å²) in [7, 11) is 0. The van der Waals surface area contributed by atoms with Crippen LogP contribution in [0.25, 0.3) is 0 Å². The van der Waals surface area contributed by atoms with Crippen LogP contribution in [0.1, 0.15) is 25.3 Å². The van der Waals surface area contributed by atoms with Gasteiger partial charge in [-0.2, -0.15) is 5.26 Å². The highest BCUT2D eigenvalue weighted by atomic mass is 16.6. The molecule has 2 N–H and O–H groups in total. The van der Waals surface area contributed by atoms with E-state index in [1.165, 1.54) is 24.4 Å². The molecule has 0 aromatic heterocycles. The first kappa shape index (κ1) is 18.7. The number of carbonyl (C=O) groups is 1. The average molecular weight is 350 g/mol. The van der Waals surface area contributed by atoms with Gasteiger partial charge in [-0.1, -0.05) is 38.1 Å². The van der Waals surface area contributed by atoms with Gasteiger partial charge in [0.2, 0.25) is 0 Å². The monoisotopic (exact) mass is 350 g/mol. The van der Waals surface area contributed by atoms with E-state index in [0.717, 1.165) is 5.56 Å². The van der Waals surface area contributed by atoms with Crippen molar-refractivity contribution in [1.29, 1.82) is 5.26 Å². The summed E-state index contributed by atoms with van der Waals surface area (Å²) in [6.07, 6.45) is 1.23. The van der Waals surface area contributed by atoms with Gasteiger partial charge < -0.3 is 10.6 Å². The number of benzene rings is 2. The Labute approximate surface area is 151 Å². The largest absolute Gasteiger partial charge is 0.360 e. The van der Waals surface area contributed by atoms with Crippen molar-refractivity contribution in [2.45, 2.75) is 19.8 Å². The molecule has 0 spiro atoms. The number of para-hydroxylation sites is 1. The second kappa shape index (κ2) is 8.44. The number of non-ortho nitro benzene ring substituents is 1. The lowest BCUT2D eigenvalue weighted by atomic mass is 10.0. The highest BCUT2D eigenvalue weighted by molar-refractivity contribution is 6.07. The lowest BCUT2D eigenvalue weighted by Crippen LogP contribution is -2.16. The summed E-state index contributed by atoms with van der Waals surface area (Å²) < 4.78 is 0. The van der Waals surface area contributed by atoms with Crippen LogP contribution in [0.5, 0.6) is 0 Å². The Hall–Kier alpha value is -3.66. The zero-order chi connectivity index (χ0) is 19.1. The Morgan fingerprint density at radius 1 is 1.23 bits per heavy atom. The molecule has 7 heteroatoms. The van der Waals surface area contributed by atoms with Gasteiger partial charge in [0.1, 0.15) is 11.6 Å². The number of hydrogen-bond acceptors (Lipinski definition) is 5. The van der Waals surface area contributed by atoms with Crippen molar-refractivity contribution in [1.82, 2.24) is 0 Å². The van der Waals surface area contributed by atoms with Crippen molar-refractivity contribution in [3.05, 3.63) is 76.0 Å². The number of nitrogens with zero attached hydrogens (tertiary/aromatic N) is 2. The molecule has 0 fully saturated rings. The van der Waals surface area contributed by atoms with Crippen LogP contribution >= 0.6 is 0 Å². The van der Waals surface area contributed by atoms with Crippen molar-refractivity contribution in [2.24, 2.45) is 0 Å². The number of carbonyl (C=O) groups excluding carboxylic acids is 1. The maximum Gasteiger partial charge on any atom is 0.271 e. The predicted octanol–water partition coefficient (Wildman–Crippen LogP) is 4.18. The lowest BCUT2D eigenvalue weighted by Gasteiger charge is -2.13. The zero-order valence-corrected chi connectivity index (χ0v) is 14.4. The van der Waals surface area contributed by atoms with Crippen LogP contribution in [0.3, 0.4) is 0 Å². The molecule has 0 atom stereocenters. The van der Waals surface area contributed by atoms with Crippen LogP contribution < -0.4 is 10.6 Å². The fourth-order valence-corrected chi connectivity index (χ4v) is 2.32. The number of rotatable bonds is 6. The second-order valence-electron chi connectivity index (χ2n) is 5.82. The molecular weight excluding hydrogens is 332 g/mol. The smallest absolute Gasteiger partial charge is 0.271 e. The summed E-state index contributed by atoms with van der Waals surface area (Å²) in [5, 5.41) is 25.5. The third-order valence-corrected chi connectivity index (χ3v) is 3.64. The Kier molecular flexibility index (Phi) is 6.06. The molecule has 2 rings (SSSR count). The van der Waals surface area contributed by atoms with Gasteiger partial charge in [-0.15, -0.1) is 0 Å². The van der Waals surface area contributed by atoms with E-state index in [9.17, 15) is 20.2 Å². The molecule has 0 bridgehead atoms. The van der Waals surface area contributed by atoms with Gasteiger partial charge in [0.25, 0.3) is 11.6 Å². The number of nitro benzene ring substituents is 1. The van der Waals surface area contributed by atoms with Gasteiger partial charge in [-0.25, -0.2) is 0 Å². The van der Waals surface area contributed by atoms with Crippen LogP contribution in [-0.2, 0) is 4.79 Å². The van der Waals surface area contributed by atoms with Gasteiger partial charge in [0.15, 0.2) is 0 Å². The van der Waals surface area contributed by atoms with Crippen LogP contribution in [-0.4, -0.2) is 10.8 Å². The minimum absolute atomic E-state index is 0.0859. The number of nitro groups is 1. The second-order valence-corrected chi connectivity index (χ2v) is 5.82. The summed E-state index contributed by atoms with van der Waals surface area (Å²) in [5.41, 5.74) is 1.78. The fraction of sp³-hybridized carbons (Fsp3) is 0.158. The van der Waals surface area contributed by atoms with E-state index in [1.807, 2.05) is 32.0 Å². The van der Waals surface area contributed by atoms with Crippen molar-refractivity contribution in [3.8, 4) is 6.07 Å². The molecule has 1 amide bonds. The van der Waals surface area contributed by atoms with E-state index >= 15 is 0 Å². The first-order valence-electron chi connectivity index (χ1n) is 7.94. The van der Waals surface area contributed by atoms with Gasteiger partial charge in [-0.3, -0.25) is 14.9 Å². The third kappa shape index (κ3) is 4.68. The molecule has 2 aromatic carbocycles. The molecule has 26 heavy (non-hydrogen) atoms. The van der Waals surface area contributed by atoms with Crippen LogP contribution in [0.2, 0.25) is 0 Å². The number of nitriles is 1. The third-order valence-electron chi connectivity index (χ3n) is 3.64. The Balaban J connectivity index is 2.17. The summed E-state index contributed by atoms with van der Waals surface area (Å²) in [4.78, 5) is 22.6. The van der Waals surface area contributed by atoms with Crippen LogP contribution in [0.15, 0.2) is 60.3 Å². The summed E-state index contributed by atoms with van der Waals surface area (Å²) in [6, 6.07) is 15.0. The summed E-state index contributed by atoms with van der Waals surface area (Å²) in [6.45, 7) is 4.02. The molecule has 7 nitrogen and oxygen atoms in total. The Bertz CT molecular complexity index is 898. The van der Waals surface area contributed by atoms with Crippen LogP contribution in [0.4, 0.5) is 17.1 Å². The Morgan fingerprint density at radius 2 is 1.96 bits per heavy atom. The average Bonchev–Trinajstić information content (AvgIpc) is 2.62. The van der Waals surface area contributed by atoms with Crippen molar-refractivity contribution < 1.29 is 9.72 Å². The number of amides is 1. The molecule has 2 aromatic rings. The molecule has 0 heterocycles. The molecule has 0 unspecified atom stereocenters. The fourth-order valence-electron chi connectivity index (χ4n) is 2.32. The maximum atomic E-state index is 12.4. The molecule has 0 aliphatic carbocycles.